The molecule has 2 heterocycles. The first-order valence-corrected chi connectivity index (χ1v) is 11.2. The minimum Gasteiger partial charge on any atom is -0.307 e. The number of pyridine rings is 1. The van der Waals surface area contributed by atoms with E-state index in [1.165, 1.54) is 49.6 Å². The van der Waals surface area contributed by atoms with Crippen molar-refractivity contribution in [3.63, 3.8) is 0 Å². The summed E-state index contributed by atoms with van der Waals surface area (Å²) in [6, 6.07) is 33.0. The fourth-order valence-corrected chi connectivity index (χ4v) is 5.69. The molecule has 2 heteroatoms. The van der Waals surface area contributed by atoms with Crippen molar-refractivity contribution in [2.45, 2.75) is 19.3 Å². The van der Waals surface area contributed by atoms with Gasteiger partial charge in [0.2, 0.25) is 0 Å². The van der Waals surface area contributed by atoms with Crippen molar-refractivity contribution in [2.75, 3.05) is 0 Å². The van der Waals surface area contributed by atoms with Crippen molar-refractivity contribution in [1.82, 2.24) is 9.55 Å². The van der Waals surface area contributed by atoms with E-state index in [2.05, 4.69) is 103 Å². The molecule has 0 atom stereocenters. The first-order valence-electron chi connectivity index (χ1n) is 11.2. The number of benzene rings is 4. The van der Waals surface area contributed by atoms with Gasteiger partial charge in [-0.25, -0.2) is 0 Å². The Morgan fingerprint density at radius 2 is 1.47 bits per heavy atom. The van der Waals surface area contributed by atoms with Gasteiger partial charge in [0.1, 0.15) is 0 Å². The smallest absolute Gasteiger partial charge is 0.0963 e. The third-order valence-corrected chi connectivity index (χ3v) is 7.23. The summed E-state index contributed by atoms with van der Waals surface area (Å²) in [5, 5.41) is 3.71. The summed E-state index contributed by atoms with van der Waals surface area (Å²) in [4.78, 5) is 4.84. The van der Waals surface area contributed by atoms with Crippen molar-refractivity contribution in [1.29, 1.82) is 0 Å². The van der Waals surface area contributed by atoms with Crippen LogP contribution in [-0.4, -0.2) is 9.55 Å². The lowest BCUT2D eigenvalue weighted by Gasteiger charge is -2.21. The van der Waals surface area contributed by atoms with Gasteiger partial charge in [0.15, 0.2) is 0 Å². The summed E-state index contributed by atoms with van der Waals surface area (Å²) in [6.45, 7) is 4.67. The summed E-state index contributed by atoms with van der Waals surface area (Å²) in [6.07, 6.45) is 1.91. The van der Waals surface area contributed by atoms with E-state index in [4.69, 9.17) is 4.98 Å². The summed E-state index contributed by atoms with van der Waals surface area (Å²) in [5.74, 6) is 0. The molecular formula is C30H22N2. The van der Waals surface area contributed by atoms with E-state index in [1.54, 1.807) is 0 Å². The topological polar surface area (TPSA) is 17.8 Å². The molecule has 0 unspecified atom stereocenters. The second kappa shape index (κ2) is 6.08. The highest BCUT2D eigenvalue weighted by molar-refractivity contribution is 6.10. The Labute approximate surface area is 186 Å². The van der Waals surface area contributed by atoms with Crippen LogP contribution in [0, 0.1) is 0 Å². The number of aromatic nitrogens is 2. The largest absolute Gasteiger partial charge is 0.307 e. The van der Waals surface area contributed by atoms with Gasteiger partial charge in [-0.3, -0.25) is 4.98 Å². The number of nitrogens with zero attached hydrogens (tertiary/aromatic N) is 2. The van der Waals surface area contributed by atoms with Gasteiger partial charge in [0.05, 0.1) is 22.2 Å². The van der Waals surface area contributed by atoms with E-state index in [-0.39, 0.29) is 5.41 Å². The van der Waals surface area contributed by atoms with Crippen LogP contribution < -0.4 is 0 Å². The molecule has 0 radical (unpaired) electrons. The molecule has 0 aliphatic heterocycles. The Morgan fingerprint density at radius 1 is 0.656 bits per heavy atom. The van der Waals surface area contributed by atoms with Crippen molar-refractivity contribution in [3.05, 3.63) is 108 Å². The number of fused-ring (bicyclic) bond motifs is 7. The van der Waals surface area contributed by atoms with E-state index in [1.807, 2.05) is 12.3 Å². The average Bonchev–Trinajstić information content (AvgIpc) is 3.27. The molecule has 7 rings (SSSR count). The third-order valence-electron chi connectivity index (χ3n) is 7.23. The highest BCUT2D eigenvalue weighted by Crippen LogP contribution is 2.50. The maximum absolute atomic E-state index is 4.84. The van der Waals surface area contributed by atoms with Gasteiger partial charge >= 0.3 is 0 Å². The highest BCUT2D eigenvalue weighted by atomic mass is 15.0. The maximum atomic E-state index is 4.84. The lowest BCUT2D eigenvalue weighted by Crippen LogP contribution is -2.14. The average molecular weight is 411 g/mol. The van der Waals surface area contributed by atoms with E-state index < -0.39 is 0 Å². The molecule has 0 fully saturated rings. The molecule has 32 heavy (non-hydrogen) atoms. The summed E-state index contributed by atoms with van der Waals surface area (Å²) in [7, 11) is 0. The Morgan fingerprint density at radius 3 is 2.41 bits per heavy atom. The van der Waals surface area contributed by atoms with Gasteiger partial charge in [0.25, 0.3) is 0 Å². The second-order valence-corrected chi connectivity index (χ2v) is 9.29. The van der Waals surface area contributed by atoms with Crippen molar-refractivity contribution >= 4 is 32.7 Å². The Bertz CT molecular complexity index is 1700. The molecule has 0 saturated carbocycles. The standard InChI is InChI=1S/C30H22N2/c1-30(2)24-13-6-5-12-21(24)22-18-28-23(17-25(22)30)29-27(15-8-16-31-29)32(28)26-14-7-10-19-9-3-4-11-20(19)26/h3-18H,1-2H3. The van der Waals surface area contributed by atoms with Gasteiger partial charge in [-0.1, -0.05) is 74.5 Å². The normalized spacial score (nSPS) is 14.2. The van der Waals surface area contributed by atoms with E-state index in [0.717, 1.165) is 11.0 Å². The van der Waals surface area contributed by atoms with Crippen LogP contribution in [0.15, 0.2) is 97.2 Å². The van der Waals surface area contributed by atoms with Gasteiger partial charge in [-0.2, -0.15) is 0 Å². The molecule has 0 N–H and O–H groups in total. The van der Waals surface area contributed by atoms with Crippen LogP contribution in [0.4, 0.5) is 0 Å². The monoisotopic (exact) mass is 410 g/mol. The van der Waals surface area contributed by atoms with E-state index in [9.17, 15) is 0 Å². The van der Waals surface area contributed by atoms with Gasteiger partial charge in [0, 0.05) is 22.4 Å². The van der Waals surface area contributed by atoms with Crippen molar-refractivity contribution < 1.29 is 0 Å². The minimum atomic E-state index is -0.0250. The summed E-state index contributed by atoms with van der Waals surface area (Å²) in [5.41, 5.74) is 10.1. The van der Waals surface area contributed by atoms with Gasteiger partial charge in [-0.15, -0.1) is 0 Å². The second-order valence-electron chi connectivity index (χ2n) is 9.29. The predicted molar refractivity (Wildman–Crippen MR) is 134 cm³/mol. The molecule has 6 aromatic rings. The Kier molecular flexibility index (Phi) is 3.37. The first kappa shape index (κ1) is 17.7. The molecule has 0 saturated heterocycles. The molecular weight excluding hydrogens is 388 g/mol. The molecule has 1 aliphatic rings. The Hall–Kier alpha value is -3.91. The van der Waals surface area contributed by atoms with Gasteiger partial charge < -0.3 is 4.57 Å². The zero-order chi connectivity index (χ0) is 21.4. The van der Waals surface area contributed by atoms with E-state index in [0.29, 0.717) is 0 Å². The molecule has 0 amide bonds. The minimum absolute atomic E-state index is 0.0250. The molecule has 1 aliphatic carbocycles. The lowest BCUT2D eigenvalue weighted by atomic mass is 9.82. The molecule has 2 nitrogen and oxygen atoms in total. The quantitative estimate of drug-likeness (QED) is 0.272. The van der Waals surface area contributed by atoms with Crippen LogP contribution in [0.25, 0.3) is 49.5 Å². The number of rotatable bonds is 1. The van der Waals surface area contributed by atoms with Crippen LogP contribution in [0.1, 0.15) is 25.0 Å². The molecule has 0 bridgehead atoms. The predicted octanol–water partition coefficient (Wildman–Crippen LogP) is 7.64. The fourth-order valence-electron chi connectivity index (χ4n) is 5.69. The molecule has 0 spiro atoms. The van der Waals surface area contributed by atoms with Crippen LogP contribution in [-0.2, 0) is 5.41 Å². The van der Waals surface area contributed by atoms with Crippen molar-refractivity contribution in [3.8, 4) is 16.8 Å². The summed E-state index contributed by atoms with van der Waals surface area (Å²) >= 11 is 0. The van der Waals surface area contributed by atoms with Crippen LogP contribution >= 0.6 is 0 Å². The molecule has 4 aromatic carbocycles. The number of hydrogen-bond acceptors (Lipinski definition) is 1. The molecule has 152 valence electrons. The maximum Gasteiger partial charge on any atom is 0.0963 e. The van der Waals surface area contributed by atoms with Crippen LogP contribution in [0.2, 0.25) is 0 Å². The molecule has 2 aromatic heterocycles. The number of hydrogen-bond donors (Lipinski definition) is 0. The zero-order valence-corrected chi connectivity index (χ0v) is 18.1. The first-order chi connectivity index (χ1) is 15.6. The third kappa shape index (κ3) is 2.17. The van der Waals surface area contributed by atoms with Gasteiger partial charge in [-0.05, 0) is 58.0 Å². The lowest BCUT2D eigenvalue weighted by molar-refractivity contribution is 0.661. The van der Waals surface area contributed by atoms with Crippen molar-refractivity contribution in [2.24, 2.45) is 0 Å². The van der Waals surface area contributed by atoms with Crippen LogP contribution in [0.5, 0.6) is 0 Å². The van der Waals surface area contributed by atoms with E-state index >= 15 is 0 Å². The fraction of sp³-hybridized carbons (Fsp3) is 0.100. The summed E-state index contributed by atoms with van der Waals surface area (Å²) < 4.78 is 2.40. The van der Waals surface area contributed by atoms with Crippen LogP contribution in [0.3, 0.4) is 0 Å². The Balaban J connectivity index is 1.67. The SMILES string of the molecule is CC1(C)c2ccccc2-c2cc3c(cc21)c1ncccc1n3-c1cccc2ccccc12. The zero-order valence-electron chi connectivity index (χ0n) is 18.1. The highest BCUT2D eigenvalue weighted by Gasteiger charge is 2.36.